The molecule has 0 aliphatic heterocycles. The summed E-state index contributed by atoms with van der Waals surface area (Å²) < 4.78 is 58.9. The summed E-state index contributed by atoms with van der Waals surface area (Å²) in [5.41, 5.74) is -1.47. The van der Waals surface area contributed by atoms with Crippen LogP contribution in [0.2, 0.25) is 5.15 Å². The third-order valence-corrected chi connectivity index (χ3v) is 8.94. The van der Waals surface area contributed by atoms with Crippen molar-refractivity contribution in [1.29, 1.82) is 0 Å². The Morgan fingerprint density at radius 3 is 2.66 bits per heavy atom. The summed E-state index contributed by atoms with van der Waals surface area (Å²) in [6.07, 6.45) is -1.39. The van der Waals surface area contributed by atoms with E-state index >= 15 is 0 Å². The third-order valence-electron chi connectivity index (χ3n) is 4.80. The second-order valence-electron chi connectivity index (χ2n) is 6.66. The highest BCUT2D eigenvalue weighted by atomic mass is 127. The highest BCUT2D eigenvalue weighted by Crippen LogP contribution is 2.45. The highest BCUT2D eigenvalue weighted by Gasteiger charge is 2.59. The first kappa shape index (κ1) is 22.1. The molecule has 156 valence electrons. The average Bonchev–Trinajstić information content (AvgIpc) is 2.93. The molecule has 2 N–H and O–H groups in total. The Labute approximate surface area is 181 Å². The second kappa shape index (κ2) is 8.26. The van der Waals surface area contributed by atoms with Crippen molar-refractivity contribution in [3.8, 4) is 0 Å². The van der Waals surface area contributed by atoms with E-state index in [1.165, 1.54) is 23.0 Å². The van der Waals surface area contributed by atoms with Crippen LogP contribution in [0.25, 0.3) is 0 Å². The van der Waals surface area contributed by atoms with Crippen LogP contribution in [-0.4, -0.2) is 40.5 Å². The summed E-state index contributed by atoms with van der Waals surface area (Å²) in [7, 11) is -1.40. The van der Waals surface area contributed by atoms with Gasteiger partial charge in [-0.3, -0.25) is 4.79 Å². The van der Waals surface area contributed by atoms with Crippen LogP contribution in [0.15, 0.2) is 24.5 Å². The number of hydrogen-bond donors (Lipinski definition) is 2. The van der Waals surface area contributed by atoms with Crippen molar-refractivity contribution in [1.82, 2.24) is 14.5 Å². The van der Waals surface area contributed by atoms with Crippen LogP contribution in [0.1, 0.15) is 29.8 Å². The maximum Gasteiger partial charge on any atom is 0.431 e. The van der Waals surface area contributed by atoms with Gasteiger partial charge in [0.1, 0.15) is 16.4 Å². The molecule has 0 atom stereocenters. The van der Waals surface area contributed by atoms with Crippen LogP contribution in [0.3, 0.4) is 0 Å². The maximum absolute atomic E-state index is 13.4. The van der Waals surface area contributed by atoms with Crippen LogP contribution in [0.5, 0.6) is 0 Å². The van der Waals surface area contributed by atoms with Crippen LogP contribution in [0, 0.1) is 3.57 Å². The van der Waals surface area contributed by atoms with Gasteiger partial charge < -0.3 is 19.3 Å². The predicted molar refractivity (Wildman–Crippen MR) is 114 cm³/mol. The van der Waals surface area contributed by atoms with E-state index in [0.717, 1.165) is 0 Å². The lowest BCUT2D eigenvalue weighted by molar-refractivity contribution is -0.213. The zero-order chi connectivity index (χ0) is 21.4. The Bertz CT molecular complexity index is 992. The molecular weight excluding hydrogens is 540 g/mol. The number of anilines is 1. The molecule has 0 unspecified atom stereocenters. The minimum Gasteiger partial charge on any atom is -0.374 e. The minimum absolute atomic E-state index is 0.107. The number of aromatic nitrogens is 2. The van der Waals surface area contributed by atoms with Gasteiger partial charge in [0.05, 0.1) is 0 Å². The van der Waals surface area contributed by atoms with Crippen molar-refractivity contribution >= 4 is 62.5 Å². The highest BCUT2D eigenvalue weighted by molar-refractivity contribution is 14.2. The van der Waals surface area contributed by atoms with Crippen molar-refractivity contribution in [3.05, 3.63) is 38.9 Å². The normalized spacial score (nSPS) is 15.5. The summed E-state index contributed by atoms with van der Waals surface area (Å²) in [5, 5.41) is 3.11. The van der Waals surface area contributed by atoms with Gasteiger partial charge in [0.2, 0.25) is 0 Å². The number of rotatable bonds is 6. The SMILES string of the molecule is C=Ic1c([Si](=O)NC2(C(F)(F)F)CCC2)cn(C)c1C(=O)Nc1ccnc(Cl)c1. The van der Waals surface area contributed by atoms with E-state index < -0.39 is 47.2 Å². The summed E-state index contributed by atoms with van der Waals surface area (Å²) in [6.45, 7) is 0. The van der Waals surface area contributed by atoms with Gasteiger partial charge in [-0.05, 0) is 31.4 Å². The van der Waals surface area contributed by atoms with Crippen molar-refractivity contribution in [3.63, 3.8) is 0 Å². The van der Waals surface area contributed by atoms with Crippen LogP contribution >= 0.6 is 32.3 Å². The van der Waals surface area contributed by atoms with E-state index in [1.807, 2.05) is 0 Å². The lowest BCUT2D eigenvalue weighted by Crippen LogP contribution is -2.65. The lowest BCUT2D eigenvalue weighted by atomic mass is 9.77. The number of carbonyl (C=O) groups excluding carboxylic acids is 1. The zero-order valence-corrected chi connectivity index (χ0v) is 19.2. The molecule has 1 aliphatic carbocycles. The standard InChI is InChI=1S/C17H17ClF3IN4O2Si/c1-22-13-11(29(28)25-16(5-3-6-16)17(19,20)21)9-26(2)14(13)15(27)24-10-4-7-23-12(18)8-10/h4,7-9,25H,1,3,5-6H2,2H3,(H,23,24,27). The molecule has 2 aromatic rings. The van der Waals surface area contributed by atoms with E-state index in [2.05, 4.69) is 19.8 Å². The fraction of sp³-hybridized carbons (Fsp3) is 0.353. The number of carbonyl (C=O) groups is 1. The van der Waals surface area contributed by atoms with Crippen LogP contribution < -0.4 is 15.5 Å². The molecular formula is C17H17ClF3IN4O2Si. The van der Waals surface area contributed by atoms with Gasteiger partial charge in [0, 0.05) is 33.9 Å². The average molecular weight is 557 g/mol. The van der Waals surface area contributed by atoms with E-state index in [1.54, 1.807) is 13.1 Å². The number of alkyl halides is 3. The van der Waals surface area contributed by atoms with Crippen molar-refractivity contribution in [2.45, 2.75) is 31.0 Å². The topological polar surface area (TPSA) is 76.0 Å². The van der Waals surface area contributed by atoms with Crippen molar-refractivity contribution in [2.24, 2.45) is 7.05 Å². The first-order valence-electron chi connectivity index (χ1n) is 8.48. The van der Waals surface area contributed by atoms with Gasteiger partial charge in [0.25, 0.3) is 5.91 Å². The van der Waals surface area contributed by atoms with E-state index in [9.17, 15) is 22.4 Å². The lowest BCUT2D eigenvalue weighted by Gasteiger charge is -2.43. The fourth-order valence-corrected chi connectivity index (χ4v) is 7.60. The van der Waals surface area contributed by atoms with E-state index in [-0.39, 0.29) is 28.9 Å². The molecule has 6 nitrogen and oxygen atoms in total. The van der Waals surface area contributed by atoms with Gasteiger partial charge in [0.15, 0.2) is 0 Å². The Hall–Kier alpha value is -1.60. The maximum atomic E-state index is 13.4. The molecule has 0 spiro atoms. The molecule has 1 aliphatic rings. The largest absolute Gasteiger partial charge is 0.431 e. The molecule has 12 heteroatoms. The number of hydrogen-bond acceptors (Lipinski definition) is 3. The first-order chi connectivity index (χ1) is 13.6. The van der Waals surface area contributed by atoms with Crippen LogP contribution in [0.4, 0.5) is 18.9 Å². The zero-order valence-electron chi connectivity index (χ0n) is 15.2. The third kappa shape index (κ3) is 4.31. The summed E-state index contributed by atoms with van der Waals surface area (Å²) in [5.74, 6) is -0.483. The van der Waals surface area contributed by atoms with Gasteiger partial charge >= 0.3 is 15.0 Å². The van der Waals surface area contributed by atoms with E-state index in [4.69, 9.17) is 11.6 Å². The second-order valence-corrected chi connectivity index (χ2v) is 10.3. The molecule has 29 heavy (non-hydrogen) atoms. The van der Waals surface area contributed by atoms with E-state index in [0.29, 0.717) is 15.7 Å². The number of pyridine rings is 1. The number of nitrogens with zero attached hydrogens (tertiary/aromatic N) is 2. The Morgan fingerprint density at radius 2 is 2.14 bits per heavy atom. The molecule has 1 fully saturated rings. The van der Waals surface area contributed by atoms with Gasteiger partial charge in [-0.25, -0.2) is 4.98 Å². The molecule has 0 saturated heterocycles. The summed E-state index contributed by atoms with van der Waals surface area (Å²) >= 11 is 4.83. The quantitative estimate of drug-likeness (QED) is 0.326. The molecule has 2 aromatic heterocycles. The van der Waals surface area contributed by atoms with Crippen molar-refractivity contribution < 1.29 is 22.4 Å². The summed E-state index contributed by atoms with van der Waals surface area (Å²) in [6, 6.07) is 3.02. The predicted octanol–water partition coefficient (Wildman–Crippen LogP) is 3.10. The molecule has 1 saturated carbocycles. The number of amides is 1. The van der Waals surface area contributed by atoms with Gasteiger partial charge in [-0.15, -0.1) is 0 Å². The Morgan fingerprint density at radius 1 is 1.45 bits per heavy atom. The molecule has 0 bridgehead atoms. The molecule has 2 heterocycles. The molecule has 1 amide bonds. The Kier molecular flexibility index (Phi) is 6.29. The fourth-order valence-electron chi connectivity index (χ4n) is 3.12. The number of halogens is 5. The molecule has 0 aromatic carbocycles. The smallest absolute Gasteiger partial charge is 0.374 e. The van der Waals surface area contributed by atoms with Gasteiger partial charge in [-0.1, -0.05) is 36.8 Å². The Balaban J connectivity index is 1.89. The first-order valence-corrected chi connectivity index (χ1v) is 12.9. The molecule has 3 rings (SSSR count). The minimum atomic E-state index is -4.49. The van der Waals surface area contributed by atoms with Gasteiger partial charge in [-0.2, -0.15) is 13.2 Å². The monoisotopic (exact) mass is 556 g/mol. The van der Waals surface area contributed by atoms with Crippen LogP contribution in [-0.2, 0) is 11.5 Å². The molecule has 0 radical (unpaired) electrons. The number of aryl methyl sites for hydroxylation is 1. The number of nitrogens with one attached hydrogen (secondary N) is 2. The summed E-state index contributed by atoms with van der Waals surface area (Å²) in [4.78, 5) is 18.9. The van der Waals surface area contributed by atoms with Crippen molar-refractivity contribution in [2.75, 3.05) is 5.32 Å².